The first kappa shape index (κ1) is 28.3. The molecule has 3 heterocycles. The number of ether oxygens (including phenoxy) is 2. The van der Waals surface area contributed by atoms with Gasteiger partial charge in [-0.1, -0.05) is 37.4 Å². The average Bonchev–Trinajstić information content (AvgIpc) is 3.64. The Morgan fingerprint density at radius 2 is 1.38 bits per heavy atom. The topological polar surface area (TPSA) is 127 Å². The van der Waals surface area contributed by atoms with Crippen molar-refractivity contribution >= 4 is 53.8 Å². The predicted octanol–water partition coefficient (Wildman–Crippen LogP) is 1.89. The molecule has 40 heavy (non-hydrogen) atoms. The summed E-state index contributed by atoms with van der Waals surface area (Å²) >= 11 is 2.65. The van der Waals surface area contributed by atoms with Crippen molar-refractivity contribution in [1.82, 2.24) is 15.0 Å². The molecule has 0 saturated heterocycles. The second kappa shape index (κ2) is 13.4. The maximum atomic E-state index is 11.6. The normalized spacial score (nSPS) is 11.6. The number of carbonyl (C=O) groups is 1. The van der Waals surface area contributed by atoms with E-state index in [0.717, 1.165) is 11.1 Å². The maximum Gasteiger partial charge on any atom is 0.266 e. The van der Waals surface area contributed by atoms with Gasteiger partial charge in [-0.2, -0.15) is 0 Å². The van der Waals surface area contributed by atoms with Crippen LogP contribution in [0.5, 0.6) is 11.5 Å². The van der Waals surface area contributed by atoms with Gasteiger partial charge in [0.05, 0.1) is 24.6 Å². The molecule has 3 aromatic heterocycles. The summed E-state index contributed by atoms with van der Waals surface area (Å²) in [6.45, 7) is 9.23. The van der Waals surface area contributed by atoms with Gasteiger partial charge in [0.15, 0.2) is 12.4 Å². The van der Waals surface area contributed by atoms with Crippen LogP contribution in [0.4, 0.5) is 0 Å². The summed E-state index contributed by atoms with van der Waals surface area (Å²) in [6.07, 6.45) is 6.68. The van der Waals surface area contributed by atoms with Gasteiger partial charge in [-0.15, -0.1) is 22.7 Å². The molecule has 0 atom stereocenters. The molecule has 0 fully saturated rings. The fourth-order valence-electron chi connectivity index (χ4n) is 3.25. The van der Waals surface area contributed by atoms with Crippen molar-refractivity contribution < 1.29 is 18.7 Å². The van der Waals surface area contributed by atoms with E-state index in [0.29, 0.717) is 35.8 Å². The Morgan fingerprint density at radius 3 is 1.77 bits per heavy atom. The number of Topliss-reactive ketones (excluding diaryl/α,β-unsaturated/α-hetero) is 1. The van der Waals surface area contributed by atoms with E-state index in [-0.39, 0.29) is 30.1 Å². The lowest BCUT2D eigenvalue weighted by Crippen LogP contribution is -2.19. The minimum Gasteiger partial charge on any atom is -0.486 e. The van der Waals surface area contributed by atoms with Crippen molar-refractivity contribution in [3.8, 4) is 11.5 Å². The standard InChI is InChI=1S/C15H12N2O3S.C14H13NO3S/c1-10-17-15(18)13(21-10)8-11-2-4-12(5-3-11)20-9-14-16-6-7-19-14;1-9(16)8-18-12-5-3-11(4-6-12)7-13-14(17)15-10(2)19-13/h2-8H,1,9H2,(H,17,18);3-7H,2,8H2,1H3,(H,15,17)/b13-8-;13-7-. The van der Waals surface area contributed by atoms with Crippen molar-refractivity contribution in [2.75, 3.05) is 6.61 Å². The fraction of sp³-hybridized carbons (Fsp3) is 0.103. The number of H-pyrrole nitrogens is 2. The van der Waals surface area contributed by atoms with Crippen LogP contribution >= 0.6 is 22.7 Å². The zero-order valence-corrected chi connectivity index (χ0v) is 23.1. The third kappa shape index (κ3) is 8.38. The van der Waals surface area contributed by atoms with Crippen LogP contribution in [-0.2, 0) is 11.4 Å². The molecule has 0 aliphatic carbocycles. The van der Waals surface area contributed by atoms with Crippen molar-refractivity contribution in [3.63, 3.8) is 0 Å². The Labute approximate surface area is 235 Å². The highest BCUT2D eigenvalue weighted by Crippen LogP contribution is 2.14. The first-order valence-corrected chi connectivity index (χ1v) is 13.5. The molecule has 2 N–H and O–H groups in total. The molecular weight excluding hydrogens is 550 g/mol. The van der Waals surface area contributed by atoms with Gasteiger partial charge in [0.1, 0.15) is 24.4 Å². The number of nitrogens with zero attached hydrogens (tertiary/aromatic N) is 1. The number of oxazole rings is 1. The monoisotopic (exact) mass is 575 g/mol. The van der Waals surface area contributed by atoms with Crippen LogP contribution in [-0.4, -0.2) is 27.3 Å². The van der Waals surface area contributed by atoms with Crippen LogP contribution in [0.25, 0.3) is 25.3 Å². The first-order valence-electron chi connectivity index (χ1n) is 11.9. The SMILES string of the molecule is C=c1[nH]c(=O)/c(=C/c2ccc(OCC(C)=O)cc2)s1.C=c1[nH]c(=O)/c(=C/c2ccc(OCc3ncco3)cc2)s1. The highest BCUT2D eigenvalue weighted by atomic mass is 32.1. The number of hydrogen-bond acceptors (Lipinski definition) is 9. The smallest absolute Gasteiger partial charge is 0.266 e. The second-order valence-corrected chi connectivity index (χ2v) is 10.6. The van der Waals surface area contributed by atoms with Crippen LogP contribution in [0.3, 0.4) is 0 Å². The number of ketones is 1. The molecule has 0 bridgehead atoms. The Morgan fingerprint density at radius 1 is 0.875 bits per heavy atom. The molecule has 0 saturated carbocycles. The van der Waals surface area contributed by atoms with Crippen molar-refractivity contribution in [2.45, 2.75) is 13.5 Å². The molecule has 0 unspecified atom stereocenters. The zero-order chi connectivity index (χ0) is 28.5. The molecule has 5 rings (SSSR count). The molecule has 5 aromatic rings. The summed E-state index contributed by atoms with van der Waals surface area (Å²) in [6, 6.07) is 14.6. The molecule has 0 radical (unpaired) electrons. The second-order valence-electron chi connectivity index (χ2n) is 8.32. The number of aromatic amines is 2. The summed E-state index contributed by atoms with van der Waals surface area (Å²) in [7, 11) is 0. The molecule has 0 aliphatic rings. The largest absolute Gasteiger partial charge is 0.486 e. The Bertz CT molecular complexity index is 1900. The number of aromatic nitrogens is 3. The van der Waals surface area contributed by atoms with Gasteiger partial charge in [0.2, 0.25) is 5.89 Å². The number of thiazole rings is 2. The zero-order valence-electron chi connectivity index (χ0n) is 21.5. The number of rotatable bonds is 8. The summed E-state index contributed by atoms with van der Waals surface area (Å²) in [5.74, 6) is 1.84. The van der Waals surface area contributed by atoms with E-state index >= 15 is 0 Å². The number of nitrogens with one attached hydrogen (secondary N) is 2. The van der Waals surface area contributed by atoms with Crippen molar-refractivity contribution in [1.29, 1.82) is 0 Å². The fourth-order valence-corrected chi connectivity index (χ4v) is 4.75. The quantitative estimate of drug-likeness (QED) is 0.289. The number of hydrogen-bond donors (Lipinski definition) is 2. The first-order chi connectivity index (χ1) is 19.2. The van der Waals surface area contributed by atoms with Gasteiger partial charge in [0.25, 0.3) is 11.1 Å². The lowest BCUT2D eigenvalue weighted by Gasteiger charge is -2.03. The van der Waals surface area contributed by atoms with Gasteiger partial charge >= 0.3 is 0 Å². The lowest BCUT2D eigenvalue weighted by molar-refractivity contribution is -0.118. The van der Waals surface area contributed by atoms with E-state index in [9.17, 15) is 14.4 Å². The average molecular weight is 576 g/mol. The van der Waals surface area contributed by atoms with E-state index in [4.69, 9.17) is 13.9 Å². The van der Waals surface area contributed by atoms with Gasteiger partial charge in [-0.05, 0) is 54.5 Å². The van der Waals surface area contributed by atoms with E-state index < -0.39 is 0 Å². The lowest BCUT2D eigenvalue weighted by atomic mass is 10.2. The molecule has 0 aliphatic heterocycles. The Balaban J connectivity index is 0.000000186. The maximum absolute atomic E-state index is 11.6. The van der Waals surface area contributed by atoms with Gasteiger partial charge < -0.3 is 23.9 Å². The van der Waals surface area contributed by atoms with Crippen molar-refractivity contribution in [2.24, 2.45) is 0 Å². The van der Waals surface area contributed by atoms with Crippen molar-refractivity contribution in [3.05, 3.63) is 117 Å². The van der Waals surface area contributed by atoms with Crippen LogP contribution in [0.15, 0.2) is 75.0 Å². The number of carbonyl (C=O) groups excluding carboxylic acids is 1. The summed E-state index contributed by atoms with van der Waals surface area (Å²) in [5.41, 5.74) is 1.56. The summed E-state index contributed by atoms with van der Waals surface area (Å²) < 4.78 is 18.4. The molecule has 9 nitrogen and oxygen atoms in total. The minimum absolute atomic E-state index is 0.0243. The van der Waals surface area contributed by atoms with Crippen LogP contribution in [0.2, 0.25) is 0 Å². The Kier molecular flexibility index (Phi) is 9.44. The third-order valence-electron chi connectivity index (χ3n) is 5.06. The van der Waals surface area contributed by atoms with Gasteiger partial charge in [-0.3, -0.25) is 14.4 Å². The highest BCUT2D eigenvalue weighted by molar-refractivity contribution is 7.07. The molecular formula is C29H25N3O6S2. The van der Waals surface area contributed by atoms with Gasteiger partial charge in [0, 0.05) is 0 Å². The minimum atomic E-state index is -0.132. The molecule has 0 amide bonds. The molecule has 11 heteroatoms. The van der Waals surface area contributed by atoms with E-state index in [2.05, 4.69) is 28.1 Å². The molecule has 2 aromatic carbocycles. The highest BCUT2D eigenvalue weighted by Gasteiger charge is 2.00. The third-order valence-corrected chi connectivity index (χ3v) is 6.81. The summed E-state index contributed by atoms with van der Waals surface area (Å²) in [4.78, 5) is 43.1. The Hall–Kier alpha value is -4.74. The predicted molar refractivity (Wildman–Crippen MR) is 156 cm³/mol. The van der Waals surface area contributed by atoms with Gasteiger partial charge in [-0.25, -0.2) is 4.98 Å². The van der Waals surface area contributed by atoms with Crippen LogP contribution in [0, 0.1) is 0 Å². The molecule has 204 valence electrons. The van der Waals surface area contributed by atoms with Crippen LogP contribution < -0.4 is 39.0 Å². The van der Waals surface area contributed by atoms with E-state index in [1.807, 2.05) is 42.5 Å². The van der Waals surface area contributed by atoms with E-state index in [1.54, 1.807) is 24.4 Å². The summed E-state index contributed by atoms with van der Waals surface area (Å²) in [5, 5.41) is 0. The van der Waals surface area contributed by atoms with Crippen LogP contribution in [0.1, 0.15) is 23.9 Å². The molecule has 0 spiro atoms. The number of benzene rings is 2. The van der Waals surface area contributed by atoms with E-state index in [1.165, 1.54) is 35.9 Å².